The SMILES string of the molecule is C/C(Cc1ccccc1)=N/Nc1nc2ccccc2s1. The molecule has 3 rings (SSSR count). The van der Waals surface area contributed by atoms with Gasteiger partial charge in [0.25, 0.3) is 0 Å². The topological polar surface area (TPSA) is 37.3 Å². The largest absolute Gasteiger partial charge is 0.253 e. The number of aromatic nitrogens is 1. The molecule has 0 atom stereocenters. The maximum absolute atomic E-state index is 4.49. The Morgan fingerprint density at radius 2 is 1.85 bits per heavy atom. The summed E-state index contributed by atoms with van der Waals surface area (Å²) in [5.74, 6) is 0. The van der Waals surface area contributed by atoms with Gasteiger partial charge in [-0.3, -0.25) is 5.43 Å². The number of hydrogen-bond donors (Lipinski definition) is 1. The van der Waals surface area contributed by atoms with Crippen molar-refractivity contribution in [2.75, 3.05) is 5.43 Å². The van der Waals surface area contributed by atoms with Crippen molar-refractivity contribution in [1.29, 1.82) is 0 Å². The summed E-state index contributed by atoms with van der Waals surface area (Å²) >= 11 is 1.62. The van der Waals surface area contributed by atoms with E-state index in [1.165, 1.54) is 10.3 Å². The zero-order valence-electron chi connectivity index (χ0n) is 11.2. The molecular weight excluding hydrogens is 266 g/mol. The van der Waals surface area contributed by atoms with Gasteiger partial charge in [0, 0.05) is 12.1 Å². The van der Waals surface area contributed by atoms with Crippen LogP contribution in [0.25, 0.3) is 10.2 Å². The zero-order valence-corrected chi connectivity index (χ0v) is 12.0. The van der Waals surface area contributed by atoms with Crippen molar-refractivity contribution in [2.24, 2.45) is 5.10 Å². The van der Waals surface area contributed by atoms with Gasteiger partial charge in [0.2, 0.25) is 5.13 Å². The van der Waals surface area contributed by atoms with Gasteiger partial charge in [0.1, 0.15) is 0 Å². The minimum atomic E-state index is 0.832. The summed E-state index contributed by atoms with van der Waals surface area (Å²) in [4.78, 5) is 4.49. The lowest BCUT2D eigenvalue weighted by Crippen LogP contribution is -2.01. The van der Waals surface area contributed by atoms with Crippen molar-refractivity contribution in [2.45, 2.75) is 13.3 Å². The van der Waals surface area contributed by atoms with Crippen molar-refractivity contribution < 1.29 is 0 Å². The molecule has 20 heavy (non-hydrogen) atoms. The Hall–Kier alpha value is -2.20. The molecule has 0 radical (unpaired) electrons. The van der Waals surface area contributed by atoms with Crippen LogP contribution in [0.5, 0.6) is 0 Å². The van der Waals surface area contributed by atoms with Gasteiger partial charge in [-0.05, 0) is 24.6 Å². The van der Waals surface area contributed by atoms with E-state index in [0.717, 1.165) is 22.8 Å². The van der Waals surface area contributed by atoms with Crippen LogP contribution in [0.3, 0.4) is 0 Å². The predicted octanol–water partition coefficient (Wildman–Crippen LogP) is 4.33. The minimum Gasteiger partial charge on any atom is -0.253 e. The van der Waals surface area contributed by atoms with E-state index in [4.69, 9.17) is 0 Å². The number of hydrazone groups is 1. The second-order valence-electron chi connectivity index (χ2n) is 4.61. The van der Waals surface area contributed by atoms with Crippen LogP contribution < -0.4 is 5.43 Å². The molecule has 1 heterocycles. The lowest BCUT2D eigenvalue weighted by Gasteiger charge is -2.01. The molecule has 0 fully saturated rings. The molecule has 0 aliphatic heterocycles. The third-order valence-corrected chi connectivity index (χ3v) is 3.88. The van der Waals surface area contributed by atoms with Crippen molar-refractivity contribution >= 4 is 32.4 Å². The number of anilines is 1. The third kappa shape index (κ3) is 3.03. The van der Waals surface area contributed by atoms with Crippen molar-refractivity contribution in [1.82, 2.24) is 4.98 Å². The molecule has 0 spiro atoms. The molecule has 4 heteroatoms. The van der Waals surface area contributed by atoms with Gasteiger partial charge >= 0.3 is 0 Å². The normalized spacial score (nSPS) is 11.8. The molecule has 0 unspecified atom stereocenters. The molecular formula is C16H15N3S. The van der Waals surface area contributed by atoms with Crippen LogP contribution in [0, 0.1) is 0 Å². The third-order valence-electron chi connectivity index (χ3n) is 2.94. The Labute approximate surface area is 122 Å². The van der Waals surface area contributed by atoms with Crippen LogP contribution in [0.15, 0.2) is 59.7 Å². The lowest BCUT2D eigenvalue weighted by atomic mass is 10.1. The Kier molecular flexibility index (Phi) is 3.74. The van der Waals surface area contributed by atoms with Crippen LogP contribution in [0.1, 0.15) is 12.5 Å². The molecule has 0 saturated carbocycles. The number of hydrogen-bond acceptors (Lipinski definition) is 4. The van der Waals surface area contributed by atoms with Crippen LogP contribution in [0.4, 0.5) is 5.13 Å². The van der Waals surface area contributed by atoms with E-state index in [1.807, 2.05) is 43.3 Å². The predicted molar refractivity (Wildman–Crippen MR) is 86.5 cm³/mol. The molecule has 0 saturated heterocycles. The van der Waals surface area contributed by atoms with Gasteiger partial charge in [0.05, 0.1) is 10.2 Å². The highest BCUT2D eigenvalue weighted by Gasteiger charge is 2.01. The van der Waals surface area contributed by atoms with Crippen molar-refractivity contribution in [3.8, 4) is 0 Å². The number of para-hydroxylation sites is 1. The van der Waals surface area contributed by atoms with Crippen LogP contribution in [0.2, 0.25) is 0 Å². The maximum atomic E-state index is 4.49. The standard InChI is InChI=1S/C16H15N3S/c1-12(11-13-7-3-2-4-8-13)18-19-16-17-14-9-5-6-10-15(14)20-16/h2-10H,11H2,1H3,(H,17,19)/b18-12-. The molecule has 3 nitrogen and oxygen atoms in total. The molecule has 0 bridgehead atoms. The van der Waals surface area contributed by atoms with Crippen LogP contribution >= 0.6 is 11.3 Å². The summed E-state index contributed by atoms with van der Waals surface area (Å²) in [6.07, 6.45) is 0.846. The Morgan fingerprint density at radius 3 is 2.65 bits per heavy atom. The lowest BCUT2D eigenvalue weighted by molar-refractivity contribution is 1.23. The molecule has 100 valence electrons. The Morgan fingerprint density at radius 1 is 1.10 bits per heavy atom. The number of nitrogens with zero attached hydrogens (tertiary/aromatic N) is 2. The molecule has 0 aliphatic rings. The first-order valence-electron chi connectivity index (χ1n) is 6.50. The maximum Gasteiger partial charge on any atom is 0.204 e. The first-order valence-corrected chi connectivity index (χ1v) is 7.31. The first kappa shape index (κ1) is 12.8. The minimum absolute atomic E-state index is 0.832. The molecule has 1 N–H and O–H groups in total. The van der Waals surface area contributed by atoms with Gasteiger partial charge in [-0.2, -0.15) is 5.10 Å². The van der Waals surface area contributed by atoms with E-state index < -0.39 is 0 Å². The molecule has 0 amide bonds. The van der Waals surface area contributed by atoms with E-state index >= 15 is 0 Å². The van der Waals surface area contributed by atoms with Crippen molar-refractivity contribution in [3.63, 3.8) is 0 Å². The van der Waals surface area contributed by atoms with Gasteiger partial charge in [-0.15, -0.1) is 0 Å². The fraction of sp³-hybridized carbons (Fsp3) is 0.125. The Bertz CT molecular complexity index is 699. The molecule has 2 aromatic carbocycles. The number of nitrogens with one attached hydrogen (secondary N) is 1. The highest BCUT2D eigenvalue weighted by atomic mass is 32.1. The smallest absolute Gasteiger partial charge is 0.204 e. The second kappa shape index (κ2) is 5.84. The van der Waals surface area contributed by atoms with E-state index in [0.29, 0.717) is 0 Å². The summed E-state index contributed by atoms with van der Waals surface area (Å²) in [5.41, 5.74) is 6.36. The summed E-state index contributed by atoms with van der Waals surface area (Å²) in [7, 11) is 0. The summed E-state index contributed by atoms with van der Waals surface area (Å²) < 4.78 is 1.17. The highest BCUT2D eigenvalue weighted by molar-refractivity contribution is 7.22. The molecule has 0 aliphatic carbocycles. The second-order valence-corrected chi connectivity index (χ2v) is 5.64. The monoisotopic (exact) mass is 281 g/mol. The van der Waals surface area contributed by atoms with Crippen LogP contribution in [-0.2, 0) is 6.42 Å². The number of benzene rings is 2. The average molecular weight is 281 g/mol. The molecule has 1 aromatic heterocycles. The summed E-state index contributed by atoms with van der Waals surface area (Å²) in [6, 6.07) is 18.4. The summed E-state index contributed by atoms with van der Waals surface area (Å²) in [5, 5.41) is 5.23. The van der Waals surface area contributed by atoms with E-state index in [-0.39, 0.29) is 0 Å². The number of fused-ring (bicyclic) bond motifs is 1. The van der Waals surface area contributed by atoms with Gasteiger partial charge in [0.15, 0.2) is 0 Å². The summed E-state index contributed by atoms with van der Waals surface area (Å²) in [6.45, 7) is 2.02. The number of thiazole rings is 1. The van der Waals surface area contributed by atoms with E-state index in [9.17, 15) is 0 Å². The van der Waals surface area contributed by atoms with Gasteiger partial charge in [-0.25, -0.2) is 4.98 Å². The zero-order chi connectivity index (χ0) is 13.8. The van der Waals surface area contributed by atoms with Gasteiger partial charge in [-0.1, -0.05) is 53.8 Å². The fourth-order valence-corrected chi connectivity index (χ4v) is 2.80. The molecule has 3 aromatic rings. The van der Waals surface area contributed by atoms with E-state index in [2.05, 4.69) is 33.7 Å². The number of rotatable bonds is 4. The highest BCUT2D eigenvalue weighted by Crippen LogP contribution is 2.25. The van der Waals surface area contributed by atoms with Crippen molar-refractivity contribution in [3.05, 3.63) is 60.2 Å². The van der Waals surface area contributed by atoms with Crippen LogP contribution in [-0.4, -0.2) is 10.7 Å². The quantitative estimate of drug-likeness (QED) is 0.571. The fourth-order valence-electron chi connectivity index (χ4n) is 1.99. The first-order chi connectivity index (χ1) is 9.81. The Balaban J connectivity index is 1.69. The van der Waals surface area contributed by atoms with Gasteiger partial charge < -0.3 is 0 Å². The van der Waals surface area contributed by atoms with E-state index in [1.54, 1.807) is 11.3 Å². The average Bonchev–Trinajstić information content (AvgIpc) is 2.89.